The van der Waals surface area contributed by atoms with Gasteiger partial charge in [-0.15, -0.1) is 0 Å². The lowest BCUT2D eigenvalue weighted by molar-refractivity contribution is -0.384. The molecule has 3 aromatic rings. The van der Waals surface area contributed by atoms with Gasteiger partial charge in [-0.1, -0.05) is 35.6 Å². The zero-order valence-electron chi connectivity index (χ0n) is 21.5. The number of nitrogens with one attached hydrogen (secondary N) is 2. The summed E-state index contributed by atoms with van der Waals surface area (Å²) in [7, 11) is 0. The van der Waals surface area contributed by atoms with Crippen molar-refractivity contribution in [1.82, 2.24) is 10.3 Å². The fourth-order valence-corrected chi connectivity index (χ4v) is 4.73. The van der Waals surface area contributed by atoms with Gasteiger partial charge in [0.1, 0.15) is 4.88 Å². The Balaban J connectivity index is 1.73. The van der Waals surface area contributed by atoms with E-state index in [0.717, 1.165) is 16.9 Å². The van der Waals surface area contributed by atoms with Gasteiger partial charge in [0, 0.05) is 36.8 Å². The number of nitrogens with zero attached hydrogens (tertiary/aromatic N) is 3. The Kier molecular flexibility index (Phi) is 8.79. The van der Waals surface area contributed by atoms with Gasteiger partial charge in [0.2, 0.25) is 5.91 Å². The Bertz CT molecular complexity index is 1330. The van der Waals surface area contributed by atoms with Gasteiger partial charge in [-0.25, -0.2) is 9.78 Å². The Labute approximate surface area is 223 Å². The number of aromatic nitrogens is 1. The Hall–Kier alpha value is -4.32. The topological polar surface area (TPSA) is 155 Å². The minimum atomic E-state index is -1.04. The minimum Gasteiger partial charge on any atom is -0.465 e. The summed E-state index contributed by atoms with van der Waals surface area (Å²) >= 11 is 1.07. The number of carbonyl (C=O) groups is 3. The molecule has 0 saturated carbocycles. The molecule has 200 valence electrons. The molecule has 0 spiro atoms. The molecule has 0 radical (unpaired) electrons. The van der Waals surface area contributed by atoms with Gasteiger partial charge >= 0.3 is 6.09 Å². The van der Waals surface area contributed by atoms with E-state index in [1.165, 1.54) is 24.0 Å². The summed E-state index contributed by atoms with van der Waals surface area (Å²) < 4.78 is 0. The molecule has 1 aromatic heterocycles. The SMILES string of the molecule is CC(=O)Nc1nc(CCc2ccc(N(C(=O)O)C(C)(C)C)cc2)c(C(=O)NCc2ccc([N+](=O)[O-])cc2)s1. The lowest BCUT2D eigenvalue weighted by Crippen LogP contribution is -2.45. The van der Waals surface area contributed by atoms with Crippen LogP contribution in [-0.4, -0.2) is 38.5 Å². The molecule has 0 aliphatic rings. The van der Waals surface area contributed by atoms with Crippen LogP contribution in [-0.2, 0) is 24.2 Å². The van der Waals surface area contributed by atoms with Crippen LogP contribution in [0.5, 0.6) is 0 Å². The van der Waals surface area contributed by atoms with E-state index in [1.807, 2.05) is 32.9 Å². The van der Waals surface area contributed by atoms with E-state index in [-0.39, 0.29) is 24.0 Å². The molecule has 3 rings (SSSR count). The highest BCUT2D eigenvalue weighted by molar-refractivity contribution is 7.17. The first-order chi connectivity index (χ1) is 17.8. The Morgan fingerprint density at radius 2 is 1.63 bits per heavy atom. The van der Waals surface area contributed by atoms with Crippen LogP contribution in [0.25, 0.3) is 0 Å². The van der Waals surface area contributed by atoms with Crippen molar-refractivity contribution in [3.63, 3.8) is 0 Å². The average molecular weight is 540 g/mol. The van der Waals surface area contributed by atoms with Crippen molar-refractivity contribution in [2.75, 3.05) is 10.2 Å². The molecule has 2 aromatic carbocycles. The second-order valence-corrected chi connectivity index (χ2v) is 10.5. The van der Waals surface area contributed by atoms with Crippen LogP contribution in [0, 0.1) is 10.1 Å². The van der Waals surface area contributed by atoms with E-state index in [4.69, 9.17) is 0 Å². The summed E-state index contributed by atoms with van der Waals surface area (Å²) in [5, 5.41) is 26.2. The summed E-state index contributed by atoms with van der Waals surface area (Å²) in [6, 6.07) is 13.1. The Morgan fingerprint density at radius 1 is 1.03 bits per heavy atom. The predicted octanol–water partition coefficient (Wildman–Crippen LogP) is 5.01. The highest BCUT2D eigenvalue weighted by atomic mass is 32.1. The van der Waals surface area contributed by atoms with Gasteiger partial charge in [-0.3, -0.25) is 24.6 Å². The highest BCUT2D eigenvalue weighted by Gasteiger charge is 2.27. The van der Waals surface area contributed by atoms with E-state index in [1.54, 1.807) is 24.3 Å². The van der Waals surface area contributed by atoms with Crippen LogP contribution in [0.2, 0.25) is 0 Å². The number of benzene rings is 2. The van der Waals surface area contributed by atoms with Crippen molar-refractivity contribution >= 4 is 45.8 Å². The summed E-state index contributed by atoms with van der Waals surface area (Å²) in [4.78, 5) is 52.7. The van der Waals surface area contributed by atoms with Gasteiger partial charge in [-0.05, 0) is 56.9 Å². The van der Waals surface area contributed by atoms with Gasteiger partial charge < -0.3 is 15.7 Å². The van der Waals surface area contributed by atoms with Crippen LogP contribution in [0.1, 0.15) is 54.2 Å². The molecule has 12 heteroatoms. The highest BCUT2D eigenvalue weighted by Crippen LogP contribution is 2.27. The molecule has 0 fully saturated rings. The molecule has 3 N–H and O–H groups in total. The number of hydrogen-bond acceptors (Lipinski definition) is 7. The summed E-state index contributed by atoms with van der Waals surface area (Å²) in [6.45, 7) is 6.97. The van der Waals surface area contributed by atoms with Crippen molar-refractivity contribution in [1.29, 1.82) is 0 Å². The first-order valence-electron chi connectivity index (χ1n) is 11.8. The van der Waals surface area contributed by atoms with E-state index in [2.05, 4.69) is 15.6 Å². The number of amides is 3. The first-order valence-corrected chi connectivity index (χ1v) is 12.6. The van der Waals surface area contributed by atoms with Crippen LogP contribution in [0.15, 0.2) is 48.5 Å². The standard InChI is InChI=1S/C26H29N5O6S/c1-16(32)28-24-29-21(14-9-17-5-10-19(11-6-17)30(25(34)35)26(2,3)4)22(38-24)23(33)27-15-18-7-12-20(13-8-18)31(36)37/h5-8,10-13H,9,14-15H2,1-4H3,(H,27,33)(H,34,35)(H,28,29,32). The molecule has 0 aliphatic carbocycles. The van der Waals surface area contributed by atoms with Crippen LogP contribution >= 0.6 is 11.3 Å². The van der Waals surface area contributed by atoms with Gasteiger partial charge in [0.25, 0.3) is 11.6 Å². The molecule has 0 unspecified atom stereocenters. The molecule has 0 atom stereocenters. The average Bonchev–Trinajstić information content (AvgIpc) is 3.23. The molecular weight excluding hydrogens is 510 g/mol. The quantitative estimate of drug-likeness (QED) is 0.255. The maximum Gasteiger partial charge on any atom is 0.412 e. The van der Waals surface area contributed by atoms with Crippen LogP contribution in [0.3, 0.4) is 0 Å². The molecule has 11 nitrogen and oxygen atoms in total. The second-order valence-electron chi connectivity index (χ2n) is 9.54. The number of nitro groups is 1. The molecule has 0 aliphatic heterocycles. The fourth-order valence-electron chi connectivity index (χ4n) is 3.76. The lowest BCUT2D eigenvalue weighted by Gasteiger charge is -2.33. The van der Waals surface area contributed by atoms with Crippen LogP contribution < -0.4 is 15.5 Å². The van der Waals surface area contributed by atoms with Gasteiger partial charge in [0.15, 0.2) is 5.13 Å². The molecule has 0 bridgehead atoms. The summed E-state index contributed by atoms with van der Waals surface area (Å²) in [5.41, 5.74) is 2.06. The number of rotatable bonds is 9. The maximum atomic E-state index is 13.0. The number of carboxylic acid groups (broad SMARTS) is 1. The largest absolute Gasteiger partial charge is 0.465 e. The van der Waals surface area contributed by atoms with E-state index in [9.17, 15) is 29.6 Å². The van der Waals surface area contributed by atoms with Gasteiger partial charge in [0.05, 0.1) is 10.6 Å². The zero-order chi connectivity index (χ0) is 28.0. The maximum absolute atomic E-state index is 13.0. The molecule has 0 saturated heterocycles. The second kappa shape index (κ2) is 11.8. The third-order valence-corrected chi connectivity index (χ3v) is 6.51. The number of anilines is 2. The van der Waals surface area contributed by atoms with Crippen molar-refractivity contribution in [2.24, 2.45) is 0 Å². The molecule has 38 heavy (non-hydrogen) atoms. The van der Waals surface area contributed by atoms with Gasteiger partial charge in [-0.2, -0.15) is 0 Å². The van der Waals surface area contributed by atoms with Crippen LogP contribution in [0.4, 0.5) is 21.3 Å². The predicted molar refractivity (Wildman–Crippen MR) is 145 cm³/mol. The number of carbonyl (C=O) groups excluding carboxylic acids is 2. The fraction of sp³-hybridized carbons (Fsp3) is 0.308. The van der Waals surface area contributed by atoms with Crippen molar-refractivity contribution in [2.45, 2.75) is 52.6 Å². The lowest BCUT2D eigenvalue weighted by atomic mass is 10.0. The number of thiazole rings is 1. The third-order valence-electron chi connectivity index (χ3n) is 5.49. The van der Waals surface area contributed by atoms with Crippen molar-refractivity contribution in [3.05, 3.63) is 80.3 Å². The summed E-state index contributed by atoms with van der Waals surface area (Å²) in [5.74, 6) is -0.675. The smallest absolute Gasteiger partial charge is 0.412 e. The molecular formula is C26H29N5O6S. The van der Waals surface area contributed by atoms with E-state index < -0.39 is 16.6 Å². The normalized spacial score (nSPS) is 11.1. The third kappa shape index (κ3) is 7.35. The number of hydrogen-bond donors (Lipinski definition) is 3. The first kappa shape index (κ1) is 28.3. The zero-order valence-corrected chi connectivity index (χ0v) is 22.3. The van der Waals surface area contributed by atoms with E-state index in [0.29, 0.717) is 39.8 Å². The molecule has 3 amide bonds. The minimum absolute atomic E-state index is 0.0353. The van der Waals surface area contributed by atoms with E-state index >= 15 is 0 Å². The number of non-ortho nitro benzene ring substituents is 1. The Morgan fingerprint density at radius 3 is 2.16 bits per heavy atom. The number of aryl methyl sites for hydroxylation is 2. The summed E-state index contributed by atoms with van der Waals surface area (Å²) in [6.07, 6.45) is -0.0885. The van der Waals surface area contributed by atoms with Crippen molar-refractivity contribution in [3.8, 4) is 0 Å². The van der Waals surface area contributed by atoms with Crippen molar-refractivity contribution < 1.29 is 24.4 Å². The monoisotopic (exact) mass is 539 g/mol. The molecule has 1 heterocycles. The number of nitro benzene ring substituents is 1.